The van der Waals surface area contributed by atoms with E-state index in [0.717, 1.165) is 34.4 Å². The Morgan fingerprint density at radius 2 is 1.70 bits per heavy atom. The summed E-state index contributed by atoms with van der Waals surface area (Å²) in [5.74, 6) is 0.690. The van der Waals surface area contributed by atoms with E-state index in [4.69, 9.17) is 4.42 Å². The molecule has 0 amide bonds. The first kappa shape index (κ1) is 21.5. The van der Waals surface area contributed by atoms with Crippen molar-refractivity contribution in [1.29, 1.82) is 0 Å². The Hall–Kier alpha value is -3.30. The second-order valence-electron chi connectivity index (χ2n) is 8.26. The highest BCUT2D eigenvalue weighted by atomic mass is 32.2. The van der Waals surface area contributed by atoms with Gasteiger partial charge in [-0.2, -0.15) is 9.40 Å². The van der Waals surface area contributed by atoms with E-state index in [1.54, 1.807) is 16.8 Å². The van der Waals surface area contributed by atoms with Crippen molar-refractivity contribution in [3.63, 3.8) is 0 Å². The minimum atomic E-state index is -3.63. The van der Waals surface area contributed by atoms with Gasteiger partial charge in [-0.25, -0.2) is 8.42 Å². The van der Waals surface area contributed by atoms with Crippen LogP contribution >= 0.6 is 0 Å². The van der Waals surface area contributed by atoms with Crippen molar-refractivity contribution in [2.24, 2.45) is 7.05 Å². The maximum Gasteiger partial charge on any atom is 0.268 e. The van der Waals surface area contributed by atoms with E-state index in [2.05, 4.69) is 15.3 Å². The molecule has 0 aliphatic carbocycles. The molecule has 0 spiro atoms. The normalized spacial score (nSPS) is 14.4. The van der Waals surface area contributed by atoms with Crippen LogP contribution in [0.2, 0.25) is 0 Å². The van der Waals surface area contributed by atoms with Gasteiger partial charge in [-0.3, -0.25) is 4.68 Å². The van der Waals surface area contributed by atoms with Crippen LogP contribution in [0.15, 0.2) is 57.8 Å². The van der Waals surface area contributed by atoms with E-state index in [0.29, 0.717) is 29.4 Å². The number of nitrogens with zero attached hydrogens (tertiary/aromatic N) is 5. The average Bonchev–Trinajstić information content (AvgIpc) is 3.44. The monoisotopic (exact) mass is 463 g/mol. The molecule has 0 radical (unpaired) electrons. The lowest BCUT2D eigenvalue weighted by Crippen LogP contribution is -2.36. The number of hydrogen-bond acceptors (Lipinski definition) is 6. The average molecular weight is 464 g/mol. The van der Waals surface area contributed by atoms with Crippen LogP contribution in [0.4, 0.5) is 0 Å². The SMILES string of the molecule is CCc1ccc(S(=O)(=O)N2CCc3c(c(-c4nnc(-c5ccc(C)cc5)o4)nn3C)C2)cc1. The van der Waals surface area contributed by atoms with Gasteiger partial charge < -0.3 is 4.42 Å². The van der Waals surface area contributed by atoms with Crippen molar-refractivity contribution >= 4 is 10.0 Å². The van der Waals surface area contributed by atoms with E-state index < -0.39 is 10.0 Å². The van der Waals surface area contributed by atoms with Crippen molar-refractivity contribution in [3.8, 4) is 23.0 Å². The highest BCUT2D eigenvalue weighted by Gasteiger charge is 2.33. The van der Waals surface area contributed by atoms with Gasteiger partial charge in [0.1, 0.15) is 0 Å². The van der Waals surface area contributed by atoms with Crippen molar-refractivity contribution < 1.29 is 12.8 Å². The van der Waals surface area contributed by atoms with Gasteiger partial charge in [0.2, 0.25) is 15.9 Å². The molecule has 0 fully saturated rings. The topological polar surface area (TPSA) is 94.1 Å². The third-order valence-corrected chi connectivity index (χ3v) is 7.96. The fourth-order valence-electron chi connectivity index (χ4n) is 4.12. The van der Waals surface area contributed by atoms with E-state index in [9.17, 15) is 8.42 Å². The summed E-state index contributed by atoms with van der Waals surface area (Å²) < 4.78 is 35.8. The van der Waals surface area contributed by atoms with E-state index >= 15 is 0 Å². The van der Waals surface area contributed by atoms with Crippen molar-refractivity contribution in [1.82, 2.24) is 24.3 Å². The zero-order valence-electron chi connectivity index (χ0n) is 18.8. The number of rotatable bonds is 5. The van der Waals surface area contributed by atoms with Crippen molar-refractivity contribution in [3.05, 3.63) is 70.9 Å². The maximum atomic E-state index is 13.3. The summed E-state index contributed by atoms with van der Waals surface area (Å²) in [7, 11) is -1.78. The molecule has 170 valence electrons. The number of fused-ring (bicyclic) bond motifs is 1. The Morgan fingerprint density at radius 3 is 2.39 bits per heavy atom. The van der Waals surface area contributed by atoms with Gasteiger partial charge in [-0.15, -0.1) is 10.2 Å². The fraction of sp³-hybridized carbons (Fsp3) is 0.292. The van der Waals surface area contributed by atoms with Crippen LogP contribution in [-0.4, -0.2) is 39.2 Å². The molecule has 0 unspecified atom stereocenters. The van der Waals surface area contributed by atoms with Crippen LogP contribution in [0, 0.1) is 6.92 Å². The summed E-state index contributed by atoms with van der Waals surface area (Å²) in [6.07, 6.45) is 1.42. The molecule has 0 bridgehead atoms. The minimum absolute atomic E-state index is 0.207. The minimum Gasteiger partial charge on any atom is -0.415 e. The first-order chi connectivity index (χ1) is 15.9. The van der Waals surface area contributed by atoms with Gasteiger partial charge in [-0.1, -0.05) is 36.8 Å². The first-order valence-electron chi connectivity index (χ1n) is 10.9. The predicted molar refractivity (Wildman–Crippen MR) is 124 cm³/mol. The van der Waals surface area contributed by atoms with Crippen molar-refractivity contribution in [2.75, 3.05) is 6.54 Å². The number of aromatic nitrogens is 4. The molecule has 1 aliphatic heterocycles. The van der Waals surface area contributed by atoms with E-state index in [1.807, 2.05) is 57.3 Å². The smallest absolute Gasteiger partial charge is 0.268 e. The van der Waals surface area contributed by atoms with Gasteiger partial charge in [0.25, 0.3) is 5.89 Å². The highest BCUT2D eigenvalue weighted by molar-refractivity contribution is 7.89. The Morgan fingerprint density at radius 1 is 1.00 bits per heavy atom. The summed E-state index contributed by atoms with van der Waals surface area (Å²) in [5, 5.41) is 13.0. The van der Waals surface area contributed by atoms with Crippen LogP contribution in [0.3, 0.4) is 0 Å². The molecule has 0 N–H and O–H groups in total. The molecule has 0 atom stereocenters. The highest BCUT2D eigenvalue weighted by Crippen LogP contribution is 2.33. The standard InChI is InChI=1S/C24H25N5O3S/c1-4-17-7-11-19(12-8-17)33(30,31)29-14-13-21-20(15-29)22(27-28(21)3)24-26-25-23(32-24)18-9-5-16(2)6-10-18/h5-12H,4,13-15H2,1-3H3. The molecule has 3 heterocycles. The second kappa shape index (κ2) is 8.24. The molecular formula is C24H25N5O3S. The first-order valence-corrected chi connectivity index (χ1v) is 12.4. The number of aryl methyl sites for hydroxylation is 3. The number of benzene rings is 2. The molecule has 0 saturated carbocycles. The Bertz CT molecular complexity index is 1400. The molecule has 4 aromatic rings. The molecule has 2 aromatic carbocycles. The van der Waals surface area contributed by atoms with Gasteiger partial charge >= 0.3 is 0 Å². The molecule has 8 nitrogen and oxygen atoms in total. The summed E-state index contributed by atoms with van der Waals surface area (Å²) in [6.45, 7) is 4.66. The summed E-state index contributed by atoms with van der Waals surface area (Å²) in [4.78, 5) is 0.299. The molecule has 33 heavy (non-hydrogen) atoms. The van der Waals surface area contributed by atoms with Crippen molar-refractivity contribution in [2.45, 2.75) is 38.1 Å². The fourth-order valence-corrected chi connectivity index (χ4v) is 5.53. The Kier molecular flexibility index (Phi) is 5.38. The van der Waals surface area contributed by atoms with Crippen LogP contribution in [0.25, 0.3) is 23.0 Å². The molecule has 0 saturated heterocycles. The summed E-state index contributed by atoms with van der Waals surface area (Å²) in [6, 6.07) is 14.9. The van der Waals surface area contributed by atoms with Gasteiger partial charge in [-0.05, 0) is 43.2 Å². The molecule has 5 rings (SSSR count). The largest absolute Gasteiger partial charge is 0.415 e. The lowest BCUT2D eigenvalue weighted by Gasteiger charge is -2.26. The molecule has 9 heteroatoms. The quantitative estimate of drug-likeness (QED) is 0.447. The van der Waals surface area contributed by atoms with Gasteiger partial charge in [0.05, 0.1) is 4.90 Å². The Balaban J connectivity index is 1.47. The lowest BCUT2D eigenvalue weighted by molar-refractivity contribution is 0.386. The van der Waals surface area contributed by atoms with Gasteiger partial charge in [0.15, 0.2) is 5.69 Å². The zero-order chi connectivity index (χ0) is 23.2. The van der Waals surface area contributed by atoms with Gasteiger partial charge in [0, 0.05) is 43.4 Å². The maximum absolute atomic E-state index is 13.3. The third kappa shape index (κ3) is 3.87. The molecule has 2 aromatic heterocycles. The summed E-state index contributed by atoms with van der Waals surface area (Å²) in [5.41, 5.74) is 5.38. The zero-order valence-corrected chi connectivity index (χ0v) is 19.6. The summed E-state index contributed by atoms with van der Waals surface area (Å²) >= 11 is 0. The Labute approximate surface area is 192 Å². The lowest BCUT2D eigenvalue weighted by atomic mass is 10.1. The van der Waals surface area contributed by atoms with Crippen LogP contribution < -0.4 is 0 Å². The van der Waals surface area contributed by atoms with E-state index in [1.165, 1.54) is 4.31 Å². The second-order valence-corrected chi connectivity index (χ2v) is 10.2. The number of sulfonamides is 1. The van der Waals surface area contributed by atoms with Crippen LogP contribution in [0.1, 0.15) is 29.3 Å². The van der Waals surface area contributed by atoms with Crippen LogP contribution in [-0.2, 0) is 36.5 Å². The van der Waals surface area contributed by atoms with E-state index in [-0.39, 0.29) is 12.4 Å². The number of hydrogen-bond donors (Lipinski definition) is 0. The third-order valence-electron chi connectivity index (χ3n) is 6.10. The van der Waals surface area contributed by atoms with Crippen LogP contribution in [0.5, 0.6) is 0 Å². The molecule has 1 aliphatic rings. The predicted octanol–water partition coefficient (Wildman–Crippen LogP) is 3.75. The molecular weight excluding hydrogens is 438 g/mol.